The van der Waals surface area contributed by atoms with Crippen molar-refractivity contribution >= 4 is 39.5 Å². The standard InChI is InChI=1S/C17H20N4O2S2/c1-11-14(19-15(22)12(2)25-17-18-9-10-24-17)16(23)21(20(11)3)13-7-5-4-6-8-13/h4-8,12H,9-10H2,1-3H3,(H,19,22). The van der Waals surface area contributed by atoms with Crippen LogP contribution in [0.3, 0.4) is 0 Å². The highest BCUT2D eigenvalue weighted by molar-refractivity contribution is 8.39. The van der Waals surface area contributed by atoms with E-state index in [4.69, 9.17) is 0 Å². The fourth-order valence-electron chi connectivity index (χ4n) is 2.53. The number of carbonyl (C=O) groups is 1. The molecule has 1 aliphatic heterocycles. The topological polar surface area (TPSA) is 68.4 Å². The molecule has 0 spiro atoms. The number of benzene rings is 1. The monoisotopic (exact) mass is 376 g/mol. The average Bonchev–Trinajstić information content (AvgIpc) is 3.18. The fraction of sp³-hybridized carbons (Fsp3) is 0.353. The highest BCUT2D eigenvalue weighted by Gasteiger charge is 2.23. The number of nitrogens with zero attached hydrogens (tertiary/aromatic N) is 3. The van der Waals surface area contributed by atoms with Gasteiger partial charge in [0.15, 0.2) is 0 Å². The molecule has 0 radical (unpaired) electrons. The van der Waals surface area contributed by atoms with Crippen LogP contribution >= 0.6 is 23.5 Å². The Hall–Kier alpha value is -1.93. The molecule has 1 atom stereocenters. The average molecular weight is 377 g/mol. The summed E-state index contributed by atoms with van der Waals surface area (Å²) in [5, 5.41) is 2.49. The first-order valence-electron chi connectivity index (χ1n) is 7.98. The van der Waals surface area contributed by atoms with E-state index in [2.05, 4.69) is 10.3 Å². The number of rotatable bonds is 4. The van der Waals surface area contributed by atoms with Crippen LogP contribution in [0.1, 0.15) is 12.6 Å². The summed E-state index contributed by atoms with van der Waals surface area (Å²) in [5.41, 5.74) is 1.57. The van der Waals surface area contributed by atoms with Gasteiger partial charge in [-0.25, -0.2) is 4.68 Å². The quantitative estimate of drug-likeness (QED) is 0.891. The zero-order valence-electron chi connectivity index (χ0n) is 14.4. The van der Waals surface area contributed by atoms with Crippen LogP contribution in [0.15, 0.2) is 40.1 Å². The lowest BCUT2D eigenvalue weighted by molar-refractivity contribution is -0.115. The van der Waals surface area contributed by atoms with Gasteiger partial charge in [0, 0.05) is 12.8 Å². The lowest BCUT2D eigenvalue weighted by Crippen LogP contribution is -2.27. The predicted octanol–water partition coefficient (Wildman–Crippen LogP) is 2.65. The van der Waals surface area contributed by atoms with Crippen molar-refractivity contribution in [3.05, 3.63) is 46.4 Å². The molecule has 0 saturated carbocycles. The molecule has 0 fully saturated rings. The van der Waals surface area contributed by atoms with Gasteiger partial charge in [0.05, 0.1) is 23.2 Å². The van der Waals surface area contributed by atoms with Crippen molar-refractivity contribution in [2.75, 3.05) is 17.6 Å². The van der Waals surface area contributed by atoms with E-state index in [0.29, 0.717) is 11.4 Å². The molecular weight excluding hydrogens is 356 g/mol. The summed E-state index contributed by atoms with van der Waals surface area (Å²) in [5.74, 6) is 0.780. The third-order valence-electron chi connectivity index (χ3n) is 4.01. The molecule has 6 nitrogen and oxygen atoms in total. The smallest absolute Gasteiger partial charge is 0.295 e. The predicted molar refractivity (Wildman–Crippen MR) is 106 cm³/mol. The summed E-state index contributed by atoms with van der Waals surface area (Å²) >= 11 is 3.11. The van der Waals surface area contributed by atoms with Crippen molar-refractivity contribution in [3.8, 4) is 5.69 Å². The van der Waals surface area contributed by atoms with Gasteiger partial charge in [0.2, 0.25) is 5.91 Å². The van der Waals surface area contributed by atoms with Crippen LogP contribution in [-0.2, 0) is 11.8 Å². The van der Waals surface area contributed by atoms with E-state index in [0.717, 1.165) is 22.4 Å². The van der Waals surface area contributed by atoms with E-state index in [1.807, 2.05) is 51.2 Å². The molecule has 0 aliphatic carbocycles. The Balaban J connectivity index is 1.83. The van der Waals surface area contributed by atoms with Crippen molar-refractivity contribution in [2.24, 2.45) is 12.0 Å². The summed E-state index contributed by atoms with van der Waals surface area (Å²) < 4.78 is 4.25. The molecule has 1 amide bonds. The maximum absolute atomic E-state index is 12.8. The normalized spacial score (nSPS) is 15.1. The molecule has 1 unspecified atom stereocenters. The number of hydrogen-bond donors (Lipinski definition) is 1. The number of aromatic nitrogens is 2. The lowest BCUT2D eigenvalue weighted by Gasteiger charge is -2.10. The van der Waals surface area contributed by atoms with Crippen LogP contribution in [0, 0.1) is 6.92 Å². The molecule has 1 aromatic heterocycles. The van der Waals surface area contributed by atoms with E-state index in [1.165, 1.54) is 11.8 Å². The van der Waals surface area contributed by atoms with Gasteiger partial charge in [0.1, 0.15) is 10.1 Å². The van der Waals surface area contributed by atoms with E-state index in [9.17, 15) is 9.59 Å². The Morgan fingerprint density at radius 2 is 2.08 bits per heavy atom. The minimum Gasteiger partial charge on any atom is -0.319 e. The van der Waals surface area contributed by atoms with Crippen LogP contribution in [0.5, 0.6) is 0 Å². The molecule has 1 N–H and O–H groups in total. The summed E-state index contributed by atoms with van der Waals surface area (Å²) in [6, 6.07) is 9.37. The van der Waals surface area contributed by atoms with Crippen LogP contribution in [0.25, 0.3) is 5.69 Å². The van der Waals surface area contributed by atoms with E-state index >= 15 is 0 Å². The van der Waals surface area contributed by atoms with Gasteiger partial charge in [-0.05, 0) is 26.0 Å². The van der Waals surface area contributed by atoms with Crippen molar-refractivity contribution < 1.29 is 4.79 Å². The van der Waals surface area contributed by atoms with Gasteiger partial charge in [-0.15, -0.1) is 0 Å². The molecule has 25 heavy (non-hydrogen) atoms. The van der Waals surface area contributed by atoms with Crippen molar-refractivity contribution in [1.82, 2.24) is 9.36 Å². The Kier molecular flexibility index (Phi) is 5.39. The van der Waals surface area contributed by atoms with E-state index in [-0.39, 0.29) is 16.7 Å². The van der Waals surface area contributed by atoms with Crippen molar-refractivity contribution in [1.29, 1.82) is 0 Å². The molecule has 2 aromatic rings. The van der Waals surface area contributed by atoms with Crippen LogP contribution < -0.4 is 10.9 Å². The molecule has 1 aliphatic rings. The van der Waals surface area contributed by atoms with Gasteiger partial charge in [-0.2, -0.15) is 0 Å². The SMILES string of the molecule is Cc1c(NC(=O)C(C)SC2=NCCS2)c(=O)n(-c2ccccc2)n1C. The zero-order valence-corrected chi connectivity index (χ0v) is 16.0. The second kappa shape index (κ2) is 7.53. The van der Waals surface area contributed by atoms with Crippen LogP contribution in [0.4, 0.5) is 5.69 Å². The molecule has 1 aromatic carbocycles. The Morgan fingerprint density at radius 3 is 2.72 bits per heavy atom. The summed E-state index contributed by atoms with van der Waals surface area (Å²) in [6.07, 6.45) is 0. The lowest BCUT2D eigenvalue weighted by atomic mass is 10.3. The second-order valence-corrected chi connectivity index (χ2v) is 8.35. The van der Waals surface area contributed by atoms with E-state index in [1.54, 1.807) is 21.1 Å². The molecule has 2 heterocycles. The maximum Gasteiger partial charge on any atom is 0.295 e. The number of nitrogens with one attached hydrogen (secondary N) is 1. The first-order chi connectivity index (χ1) is 12.0. The molecule has 3 rings (SSSR count). The molecule has 0 saturated heterocycles. The van der Waals surface area contributed by atoms with Crippen LogP contribution in [-0.4, -0.2) is 37.2 Å². The van der Waals surface area contributed by atoms with Gasteiger partial charge >= 0.3 is 0 Å². The van der Waals surface area contributed by atoms with E-state index < -0.39 is 0 Å². The van der Waals surface area contributed by atoms with Crippen molar-refractivity contribution in [3.63, 3.8) is 0 Å². The third kappa shape index (κ3) is 3.69. The number of amides is 1. The molecule has 8 heteroatoms. The Morgan fingerprint density at radius 1 is 1.36 bits per heavy atom. The van der Waals surface area contributed by atoms with Crippen molar-refractivity contribution in [2.45, 2.75) is 19.1 Å². The zero-order chi connectivity index (χ0) is 18.0. The summed E-state index contributed by atoms with van der Waals surface area (Å²) in [7, 11) is 1.81. The third-order valence-corrected chi connectivity index (χ3v) is 6.31. The van der Waals surface area contributed by atoms with Gasteiger partial charge in [-0.1, -0.05) is 41.7 Å². The summed E-state index contributed by atoms with van der Waals surface area (Å²) in [4.78, 5) is 29.7. The second-order valence-electron chi connectivity index (χ2n) is 5.68. The largest absolute Gasteiger partial charge is 0.319 e. The highest BCUT2D eigenvalue weighted by Crippen LogP contribution is 2.26. The molecular formula is C17H20N4O2S2. The van der Waals surface area contributed by atoms with Gasteiger partial charge in [0.25, 0.3) is 5.56 Å². The Labute approximate surface area is 154 Å². The number of carbonyl (C=O) groups excluding carboxylic acids is 1. The number of para-hydroxylation sites is 1. The molecule has 132 valence electrons. The first kappa shape index (κ1) is 17.9. The highest BCUT2D eigenvalue weighted by atomic mass is 32.2. The molecule has 0 bridgehead atoms. The number of anilines is 1. The fourth-order valence-corrected chi connectivity index (χ4v) is 4.66. The van der Waals surface area contributed by atoms with Gasteiger partial charge < -0.3 is 5.32 Å². The minimum atomic E-state index is -0.312. The first-order valence-corrected chi connectivity index (χ1v) is 9.84. The maximum atomic E-state index is 12.8. The summed E-state index contributed by atoms with van der Waals surface area (Å²) in [6.45, 7) is 4.46. The van der Waals surface area contributed by atoms with Crippen LogP contribution in [0.2, 0.25) is 0 Å². The van der Waals surface area contributed by atoms with Gasteiger partial charge in [-0.3, -0.25) is 19.3 Å². The number of hydrogen-bond acceptors (Lipinski definition) is 5. The minimum absolute atomic E-state index is 0.189. The Bertz CT molecular complexity index is 871. The number of thioether (sulfide) groups is 2. The number of aliphatic imine (C=N–C) groups is 1.